The summed E-state index contributed by atoms with van der Waals surface area (Å²) in [6, 6.07) is 15.0. The van der Waals surface area contributed by atoms with Crippen LogP contribution in [0.4, 0.5) is 62.6 Å². The maximum absolute atomic E-state index is 12.9. The number of azo groups is 4. The van der Waals surface area contributed by atoms with Crippen LogP contribution in [-0.2, 0) is 65.0 Å². The van der Waals surface area contributed by atoms with E-state index in [4.69, 9.17) is 21.1 Å². The summed E-state index contributed by atoms with van der Waals surface area (Å²) in [6.07, 6.45) is -0.636. The van der Waals surface area contributed by atoms with Gasteiger partial charge in [0.25, 0.3) is 50.6 Å². The van der Waals surface area contributed by atoms with E-state index in [0.29, 0.717) is 0 Å². The van der Waals surface area contributed by atoms with E-state index in [0.717, 1.165) is 79.0 Å². The zero-order valence-electron chi connectivity index (χ0n) is 51.0. The second-order valence-corrected chi connectivity index (χ2v) is 30.4. The highest BCUT2D eigenvalue weighted by Gasteiger charge is 2.27. The molecule has 0 aliphatic heterocycles. The van der Waals surface area contributed by atoms with Crippen molar-refractivity contribution in [3.05, 3.63) is 82.4 Å². The molecule has 0 bridgehead atoms. The molecule has 44 heteroatoms. The number of thioether (sulfide) groups is 2. The first-order valence-corrected chi connectivity index (χ1v) is 37.5. The molecule has 7 rings (SSSR count). The molecule has 0 spiro atoms. The minimum atomic E-state index is -4.99. The summed E-state index contributed by atoms with van der Waals surface area (Å²) in [5.41, 5.74) is -3.76. The van der Waals surface area contributed by atoms with Crippen molar-refractivity contribution in [1.29, 1.82) is 10.5 Å². The van der Waals surface area contributed by atoms with Gasteiger partial charge < -0.3 is 30.5 Å². The lowest BCUT2D eigenvalue weighted by Gasteiger charge is -2.14. The lowest BCUT2D eigenvalue weighted by atomic mass is 10.1. The van der Waals surface area contributed by atoms with E-state index in [-0.39, 0.29) is 137 Å². The van der Waals surface area contributed by atoms with Gasteiger partial charge in [0, 0.05) is 54.3 Å². The lowest BCUT2D eigenvalue weighted by molar-refractivity contribution is -0.115. The monoisotopic (exact) mass is 1510 g/mol. The van der Waals surface area contributed by atoms with E-state index in [2.05, 4.69) is 61.8 Å². The van der Waals surface area contributed by atoms with Gasteiger partial charge in [-0.3, -0.25) is 41.5 Å². The number of ether oxygens (including phenoxy) is 2. The average molecular weight is 1510 g/mol. The number of imidazole rings is 1. The standard InChI is InChI=1S/C54H52ClN15O21S7/c1-27-33(26-57)53-61-52-45(16-32(90-5)17-50(52)98(87,88)89)70(53)54(74)51(27)69-66-42-18-36(58-28(2)71)39(21-46(42)91-9-6-12-94(75,76)77)63-67-43-20-38(60-30(4)73)41(23-48(43)93-11-8-14-96(81,82)83)65-68-44-19-37(59-29(3)72)40(22-47(44)92-10-7-13-95(78,79)80)64-62-35-24-49(97(84,85)86)34(55)15-31(35)25-56/h15-24,74H,6-14H2,1-5H3,(H,58,71)(H,59,72)(H,60,73)(H,75,76,77)(H,78,79,80)(H,81,82,83)(H,84,85,86)(H,87,88,89). The van der Waals surface area contributed by atoms with Crippen molar-refractivity contribution in [2.45, 2.75) is 66.5 Å². The summed E-state index contributed by atoms with van der Waals surface area (Å²) in [5, 5.41) is 73.4. The van der Waals surface area contributed by atoms with Gasteiger partial charge >= 0.3 is 0 Å². The zero-order valence-corrected chi connectivity index (χ0v) is 57.5. The Morgan fingerprint density at radius 1 is 0.582 bits per heavy atom. The number of hydrogen-bond acceptors (Lipinski definition) is 29. The van der Waals surface area contributed by atoms with Crippen molar-refractivity contribution in [2.75, 3.05) is 58.4 Å². The first-order chi connectivity index (χ1) is 45.8. The zero-order chi connectivity index (χ0) is 72.4. The molecular formula is C54H52ClN15O21S7. The molecule has 0 saturated carbocycles. The van der Waals surface area contributed by atoms with Crippen LogP contribution in [0.2, 0.25) is 5.02 Å². The maximum Gasteiger partial charge on any atom is 0.296 e. The number of nitrogens with one attached hydrogen (secondary N) is 3. The number of amides is 3. The number of pyridine rings is 1. The van der Waals surface area contributed by atoms with E-state index < -0.39 is 124 Å². The molecule has 5 aromatic carbocycles. The molecule has 0 saturated heterocycles. The van der Waals surface area contributed by atoms with E-state index in [9.17, 15) is 94.9 Å². The molecule has 0 atom stereocenters. The number of aromatic nitrogens is 2. The number of carbonyl (C=O) groups excluding carboxylic acids is 3. The van der Waals surface area contributed by atoms with E-state index in [1.165, 1.54) is 44.4 Å². The third-order valence-electron chi connectivity index (χ3n) is 12.8. The summed E-state index contributed by atoms with van der Waals surface area (Å²) >= 11 is 7.87. The van der Waals surface area contributed by atoms with E-state index in [1.54, 1.807) is 6.07 Å². The van der Waals surface area contributed by atoms with Crippen LogP contribution in [0.5, 0.6) is 17.4 Å². The van der Waals surface area contributed by atoms with Crippen molar-refractivity contribution in [2.24, 2.45) is 40.9 Å². The van der Waals surface area contributed by atoms with Gasteiger partial charge in [-0.15, -0.1) is 64.4 Å². The Kier molecular flexibility index (Phi) is 24.5. The van der Waals surface area contributed by atoms with Crippen LogP contribution in [0.15, 0.2) is 121 Å². The van der Waals surface area contributed by atoms with Crippen LogP contribution in [0.1, 0.15) is 56.7 Å². The molecule has 0 radical (unpaired) electrons. The first kappa shape index (κ1) is 76.2. The lowest BCUT2D eigenvalue weighted by Crippen LogP contribution is -2.09. The van der Waals surface area contributed by atoms with Gasteiger partial charge in [0.2, 0.25) is 23.6 Å². The molecule has 0 unspecified atom stereocenters. The summed E-state index contributed by atoms with van der Waals surface area (Å²) in [6.45, 7) is 4.25. The Bertz CT molecular complexity index is 5240. The molecule has 7 aromatic rings. The first-order valence-electron chi connectivity index (χ1n) is 27.4. The average Bonchev–Trinajstić information content (AvgIpc) is 1.56. The third kappa shape index (κ3) is 20.4. The van der Waals surface area contributed by atoms with Gasteiger partial charge in [0.15, 0.2) is 11.3 Å². The van der Waals surface area contributed by atoms with Crippen LogP contribution in [-0.4, -0.2) is 140 Å². The fraction of sp³-hybridized carbons (Fsp3) is 0.259. The number of nitrogens with zero attached hydrogens (tertiary/aromatic N) is 12. The third-order valence-corrected chi connectivity index (χ3v) is 19.6. The Hall–Kier alpha value is -9.22. The SMILES string of the molecule is COc1cc(S(=O)(=O)O)c2nc3c(C#N)c(C)c(N=Nc4cc(NC(C)=O)c(N=Nc5cc(NC(C)=O)c(N=Nc6cc(NC(C)=O)c(N=Nc7cc(S(=O)(=O)O)c(Cl)cc7C#N)cc6SCCCS(=O)(=O)O)cc5SCCCS(=O)(=O)O)cc4OCCCS(=O)(=O)O)c(O)n3c2c1. The highest BCUT2D eigenvalue weighted by Crippen LogP contribution is 2.47. The Labute approximate surface area is 570 Å². The Morgan fingerprint density at radius 2 is 1.03 bits per heavy atom. The molecule has 2 heterocycles. The quantitative estimate of drug-likeness (QED) is 0.00910. The topological polar surface area (TPSA) is 562 Å². The number of fused-ring (bicyclic) bond motifs is 3. The van der Waals surface area contributed by atoms with Gasteiger partial charge in [0.05, 0.1) is 64.1 Å². The largest absolute Gasteiger partial charge is 0.497 e. The molecule has 36 nitrogen and oxygen atoms in total. The number of halogens is 1. The van der Waals surface area contributed by atoms with Gasteiger partial charge in [0.1, 0.15) is 84.3 Å². The summed E-state index contributed by atoms with van der Waals surface area (Å²) in [5.74, 6) is -5.51. The molecule has 3 amide bonds. The predicted octanol–water partition coefficient (Wildman–Crippen LogP) is 11.3. The van der Waals surface area contributed by atoms with Crippen molar-refractivity contribution in [1.82, 2.24) is 9.38 Å². The van der Waals surface area contributed by atoms with E-state index in [1.807, 2.05) is 6.07 Å². The highest BCUT2D eigenvalue weighted by atomic mass is 35.5. The minimum Gasteiger partial charge on any atom is -0.497 e. The normalized spacial score (nSPS) is 12.5. The summed E-state index contributed by atoms with van der Waals surface area (Å²) in [7, 11) is -22.2. The van der Waals surface area contributed by atoms with Crippen LogP contribution in [0.25, 0.3) is 16.7 Å². The second-order valence-electron chi connectivity index (χ2n) is 20.2. The number of hydrogen-bond donors (Lipinski definition) is 9. The molecule has 518 valence electrons. The number of anilines is 3. The molecule has 2 aromatic heterocycles. The predicted molar refractivity (Wildman–Crippen MR) is 355 cm³/mol. The highest BCUT2D eigenvalue weighted by molar-refractivity contribution is 7.99. The van der Waals surface area contributed by atoms with Crippen LogP contribution in [0, 0.1) is 29.6 Å². The van der Waals surface area contributed by atoms with Crippen LogP contribution in [0.3, 0.4) is 0 Å². The second kappa shape index (κ2) is 31.5. The van der Waals surface area contributed by atoms with E-state index >= 15 is 0 Å². The van der Waals surface area contributed by atoms with Crippen LogP contribution >= 0.6 is 35.1 Å². The summed E-state index contributed by atoms with van der Waals surface area (Å²) in [4.78, 5) is 41.4. The van der Waals surface area contributed by atoms with Crippen molar-refractivity contribution < 1.29 is 93.8 Å². The van der Waals surface area contributed by atoms with Gasteiger partial charge in [-0.25, -0.2) is 4.98 Å². The van der Waals surface area contributed by atoms with Crippen molar-refractivity contribution in [3.8, 4) is 29.5 Å². The fourth-order valence-electron chi connectivity index (χ4n) is 8.61. The molecule has 0 fully saturated rings. The molecule has 9 N–H and O–H groups in total. The molecule has 0 aliphatic carbocycles. The van der Waals surface area contributed by atoms with Gasteiger partial charge in [-0.1, -0.05) is 11.6 Å². The van der Waals surface area contributed by atoms with Gasteiger partial charge in [-0.2, -0.15) is 52.6 Å². The number of carbonyl (C=O) groups is 3. The maximum atomic E-state index is 12.9. The van der Waals surface area contributed by atoms with Crippen molar-refractivity contribution >= 4 is 183 Å². The van der Waals surface area contributed by atoms with Crippen LogP contribution < -0.4 is 25.4 Å². The summed E-state index contributed by atoms with van der Waals surface area (Å²) < 4.78 is 180. The number of nitriles is 2. The number of aromatic hydroxyl groups is 1. The Morgan fingerprint density at radius 3 is 1.48 bits per heavy atom. The molecule has 0 aliphatic rings. The Balaban J connectivity index is 1.40. The number of methoxy groups -OCH3 is 1. The smallest absolute Gasteiger partial charge is 0.296 e. The molecule has 98 heavy (non-hydrogen) atoms. The van der Waals surface area contributed by atoms with Crippen molar-refractivity contribution in [3.63, 3.8) is 0 Å². The fourth-order valence-corrected chi connectivity index (χ4v) is 14.1. The number of rotatable bonds is 29. The number of benzene rings is 5. The molecular weight excluding hydrogens is 1450 g/mol. The van der Waals surface area contributed by atoms with Gasteiger partial charge in [-0.05, 0) is 80.2 Å². The minimum absolute atomic E-state index is 0.0378.